The van der Waals surface area contributed by atoms with E-state index in [1.165, 1.54) is 11.3 Å². The molecule has 3 aromatic rings. The molecule has 27 heavy (non-hydrogen) atoms. The van der Waals surface area contributed by atoms with Crippen LogP contribution in [0.5, 0.6) is 0 Å². The van der Waals surface area contributed by atoms with Gasteiger partial charge in [0.05, 0.1) is 12.0 Å². The quantitative estimate of drug-likeness (QED) is 0.523. The van der Waals surface area contributed by atoms with Gasteiger partial charge in [0, 0.05) is 23.5 Å². The lowest BCUT2D eigenvalue weighted by atomic mass is 10.2. The van der Waals surface area contributed by atoms with Crippen molar-refractivity contribution in [3.05, 3.63) is 59.1 Å². The largest absolute Gasteiger partial charge is 0.390 e. The van der Waals surface area contributed by atoms with Gasteiger partial charge in [0.1, 0.15) is 5.01 Å². The number of aromatic nitrogens is 2. The normalized spacial score (nSPS) is 11.8. The number of aliphatic hydroxyl groups is 1. The van der Waals surface area contributed by atoms with Crippen molar-refractivity contribution in [1.29, 1.82) is 0 Å². The second-order valence-electron chi connectivity index (χ2n) is 6.00. The van der Waals surface area contributed by atoms with Gasteiger partial charge in [-0.2, -0.15) is 0 Å². The third kappa shape index (κ3) is 5.26. The van der Waals surface area contributed by atoms with Crippen LogP contribution in [-0.4, -0.2) is 39.7 Å². The fourth-order valence-corrected chi connectivity index (χ4v) is 3.13. The first-order valence-electron chi connectivity index (χ1n) is 8.35. The summed E-state index contributed by atoms with van der Waals surface area (Å²) in [5.74, 6) is -0.0977. The maximum absolute atomic E-state index is 12.3. The molecule has 6 nitrogen and oxygen atoms in total. The molecule has 1 atom stereocenters. The third-order valence-electron chi connectivity index (χ3n) is 3.78. The summed E-state index contributed by atoms with van der Waals surface area (Å²) >= 11 is 6.80. The van der Waals surface area contributed by atoms with Crippen molar-refractivity contribution in [2.45, 2.75) is 13.0 Å². The molecule has 0 saturated heterocycles. The zero-order chi connectivity index (χ0) is 19.2. The lowest BCUT2D eigenvalue weighted by Gasteiger charge is -2.10. The van der Waals surface area contributed by atoms with E-state index in [0.29, 0.717) is 16.6 Å². The molecule has 0 aliphatic heterocycles. The predicted molar refractivity (Wildman–Crippen MR) is 110 cm³/mol. The highest BCUT2D eigenvalue weighted by molar-refractivity contribution is 7.16. The molecule has 0 bridgehead atoms. The lowest BCUT2D eigenvalue weighted by Crippen LogP contribution is -2.20. The summed E-state index contributed by atoms with van der Waals surface area (Å²) < 4.78 is 0. The van der Waals surface area contributed by atoms with Crippen molar-refractivity contribution in [1.82, 2.24) is 10.2 Å². The van der Waals surface area contributed by atoms with Gasteiger partial charge in [-0.3, -0.25) is 4.79 Å². The highest BCUT2D eigenvalue weighted by Gasteiger charge is 2.14. The molecule has 1 amide bonds. The van der Waals surface area contributed by atoms with E-state index in [1.807, 2.05) is 55.5 Å². The number of carbonyl (C=O) groups excluding carboxylic acids is 1. The number of hydrogen-bond acceptors (Lipinski definition) is 6. The summed E-state index contributed by atoms with van der Waals surface area (Å²) in [6, 6.07) is 15.1. The number of halogens is 1. The lowest BCUT2D eigenvalue weighted by molar-refractivity contribution is 0.102. The van der Waals surface area contributed by atoms with Crippen molar-refractivity contribution in [3.63, 3.8) is 0 Å². The van der Waals surface area contributed by atoms with Gasteiger partial charge >= 0.3 is 0 Å². The van der Waals surface area contributed by atoms with Crippen molar-refractivity contribution in [3.8, 4) is 10.6 Å². The Hall–Kier alpha value is -2.48. The van der Waals surface area contributed by atoms with Crippen LogP contribution in [0.4, 0.5) is 11.4 Å². The average molecular weight is 403 g/mol. The SMILES string of the molecule is Cc1ccc(NC(=O)c2nnc(-c3ccc(NCC(O)CCl)cc3)s2)cc1. The molecule has 8 heteroatoms. The van der Waals surface area contributed by atoms with Crippen LogP contribution in [-0.2, 0) is 0 Å². The van der Waals surface area contributed by atoms with Gasteiger partial charge in [-0.05, 0) is 43.3 Å². The minimum Gasteiger partial charge on any atom is -0.390 e. The van der Waals surface area contributed by atoms with Crippen molar-refractivity contribution < 1.29 is 9.90 Å². The summed E-state index contributed by atoms with van der Waals surface area (Å²) in [6.07, 6.45) is -0.593. The minimum atomic E-state index is -0.593. The number of alkyl halides is 1. The zero-order valence-corrected chi connectivity index (χ0v) is 16.2. The van der Waals surface area contributed by atoms with E-state index >= 15 is 0 Å². The summed E-state index contributed by atoms with van der Waals surface area (Å²) in [6.45, 7) is 2.37. The van der Waals surface area contributed by atoms with Crippen LogP contribution < -0.4 is 10.6 Å². The minimum absolute atomic E-state index is 0.184. The average Bonchev–Trinajstić information content (AvgIpc) is 3.18. The van der Waals surface area contributed by atoms with Gasteiger partial charge in [-0.1, -0.05) is 29.0 Å². The number of nitrogens with zero attached hydrogens (tertiary/aromatic N) is 2. The molecule has 1 aromatic heterocycles. The molecule has 140 valence electrons. The molecule has 2 aromatic carbocycles. The van der Waals surface area contributed by atoms with E-state index < -0.39 is 6.10 Å². The van der Waals surface area contributed by atoms with Crippen LogP contribution in [0.3, 0.4) is 0 Å². The van der Waals surface area contributed by atoms with E-state index in [4.69, 9.17) is 11.6 Å². The number of carbonyl (C=O) groups is 1. The van der Waals surface area contributed by atoms with E-state index in [0.717, 1.165) is 22.5 Å². The molecular weight excluding hydrogens is 384 g/mol. The standard InChI is InChI=1S/C19H19ClN4O2S/c1-12-2-6-15(7-3-12)22-17(26)19-24-23-18(27-19)13-4-8-14(9-5-13)21-11-16(25)10-20/h2-9,16,21,25H,10-11H2,1H3,(H,22,26). The molecular formula is C19H19ClN4O2S. The first-order chi connectivity index (χ1) is 13.0. The summed E-state index contributed by atoms with van der Waals surface area (Å²) in [4.78, 5) is 12.3. The Kier molecular flexibility index (Phi) is 6.39. The molecule has 0 spiro atoms. The Bertz CT molecular complexity index is 897. The van der Waals surface area contributed by atoms with Crippen LogP contribution in [0.15, 0.2) is 48.5 Å². The maximum Gasteiger partial charge on any atom is 0.286 e. The Morgan fingerprint density at radius 1 is 1.11 bits per heavy atom. The number of aryl methyl sites for hydroxylation is 1. The first-order valence-corrected chi connectivity index (χ1v) is 9.70. The fraction of sp³-hybridized carbons (Fsp3) is 0.211. The highest BCUT2D eigenvalue weighted by atomic mass is 35.5. The van der Waals surface area contributed by atoms with E-state index in [9.17, 15) is 9.90 Å². The molecule has 3 N–H and O–H groups in total. The van der Waals surface area contributed by atoms with Crippen LogP contribution in [0.1, 0.15) is 15.4 Å². The topological polar surface area (TPSA) is 87.1 Å². The predicted octanol–water partition coefficient (Wildman–Crippen LogP) is 3.78. The van der Waals surface area contributed by atoms with Gasteiger partial charge in [-0.15, -0.1) is 21.8 Å². The van der Waals surface area contributed by atoms with Crippen LogP contribution in [0.2, 0.25) is 0 Å². The molecule has 3 rings (SSSR count). The van der Waals surface area contributed by atoms with Gasteiger partial charge in [0.2, 0.25) is 5.01 Å². The third-order valence-corrected chi connectivity index (χ3v) is 5.11. The van der Waals surface area contributed by atoms with Crippen LogP contribution in [0.25, 0.3) is 10.6 Å². The number of amides is 1. The zero-order valence-electron chi connectivity index (χ0n) is 14.6. The van der Waals surface area contributed by atoms with Crippen LogP contribution >= 0.6 is 22.9 Å². The van der Waals surface area contributed by atoms with E-state index in [1.54, 1.807) is 0 Å². The Morgan fingerprint density at radius 3 is 2.44 bits per heavy atom. The number of benzene rings is 2. The van der Waals surface area contributed by atoms with E-state index in [-0.39, 0.29) is 11.8 Å². The maximum atomic E-state index is 12.3. The number of hydrogen-bond donors (Lipinski definition) is 3. The van der Waals surface area contributed by atoms with Gasteiger partial charge in [0.25, 0.3) is 5.91 Å². The molecule has 0 fully saturated rings. The number of nitrogens with one attached hydrogen (secondary N) is 2. The summed E-state index contributed by atoms with van der Waals surface area (Å²) in [7, 11) is 0. The molecule has 0 radical (unpaired) electrons. The molecule has 0 aliphatic rings. The van der Waals surface area contributed by atoms with Crippen molar-refractivity contribution in [2.24, 2.45) is 0 Å². The summed E-state index contributed by atoms with van der Waals surface area (Å²) in [5.41, 5.74) is 3.58. The number of aliphatic hydroxyl groups excluding tert-OH is 1. The Morgan fingerprint density at radius 2 is 1.78 bits per heavy atom. The highest BCUT2D eigenvalue weighted by Crippen LogP contribution is 2.25. The number of rotatable bonds is 7. The second kappa shape index (κ2) is 8.94. The molecule has 1 unspecified atom stereocenters. The summed E-state index contributed by atoms with van der Waals surface area (Å²) in [5, 5.41) is 24.5. The Labute approximate surface area is 166 Å². The Balaban J connectivity index is 1.64. The fourth-order valence-electron chi connectivity index (χ4n) is 2.27. The number of anilines is 2. The van der Waals surface area contributed by atoms with Crippen LogP contribution in [0, 0.1) is 6.92 Å². The molecule has 1 heterocycles. The molecule has 0 saturated carbocycles. The molecule has 0 aliphatic carbocycles. The monoisotopic (exact) mass is 402 g/mol. The smallest absolute Gasteiger partial charge is 0.286 e. The van der Waals surface area contributed by atoms with Gasteiger partial charge in [0.15, 0.2) is 0 Å². The van der Waals surface area contributed by atoms with Crippen molar-refractivity contribution in [2.75, 3.05) is 23.1 Å². The first kappa shape index (κ1) is 19.3. The van der Waals surface area contributed by atoms with Gasteiger partial charge in [-0.25, -0.2) is 0 Å². The van der Waals surface area contributed by atoms with Crippen molar-refractivity contribution >= 4 is 40.2 Å². The second-order valence-corrected chi connectivity index (χ2v) is 7.29. The van der Waals surface area contributed by atoms with Gasteiger partial charge < -0.3 is 15.7 Å². The van der Waals surface area contributed by atoms with E-state index in [2.05, 4.69) is 20.8 Å².